The van der Waals surface area contributed by atoms with Gasteiger partial charge in [-0.3, -0.25) is 19.2 Å². The minimum absolute atomic E-state index is 0.0178. The molecule has 0 bridgehead atoms. The molecule has 0 aliphatic heterocycles. The number of fused-ring (bicyclic) bond motifs is 5. The molecule has 0 spiro atoms. The highest BCUT2D eigenvalue weighted by atomic mass is 16.6. The van der Waals surface area contributed by atoms with E-state index in [4.69, 9.17) is 9.47 Å². The molecule has 0 amide bonds. The maximum absolute atomic E-state index is 13.8. The standard InChI is InChI=1S/C29H42O7/c1-7-24(33)35-15-23(32)29(36-26(34)16(2)3)11-9-20-19-12-17(4)21-13-18(30)8-10-27(21,5)25(19)22(31)14-28(20,29)6/h13,16-17,19-20,22,25,31H,7-12,14-15H2,1-6H3/t17-,19-,20-,22-,25+,27-,28-,29-/m0/s1. The third-order valence-electron chi connectivity index (χ3n) is 10.2. The van der Waals surface area contributed by atoms with Gasteiger partial charge in [0.25, 0.3) is 0 Å². The van der Waals surface area contributed by atoms with Gasteiger partial charge in [-0.15, -0.1) is 0 Å². The van der Waals surface area contributed by atoms with Gasteiger partial charge in [0.1, 0.15) is 0 Å². The molecule has 3 saturated carbocycles. The number of carbonyl (C=O) groups is 4. The first-order valence-electron chi connectivity index (χ1n) is 13.7. The molecule has 3 fully saturated rings. The fraction of sp³-hybridized carbons (Fsp3) is 0.793. The van der Waals surface area contributed by atoms with Crippen molar-refractivity contribution in [1.82, 2.24) is 0 Å². The molecule has 0 aromatic rings. The van der Waals surface area contributed by atoms with Crippen molar-refractivity contribution in [3.8, 4) is 0 Å². The van der Waals surface area contributed by atoms with Crippen molar-refractivity contribution in [2.24, 2.45) is 40.4 Å². The summed E-state index contributed by atoms with van der Waals surface area (Å²) in [6, 6.07) is 0. The first kappa shape index (κ1) is 27.0. The van der Waals surface area contributed by atoms with Crippen molar-refractivity contribution >= 4 is 23.5 Å². The van der Waals surface area contributed by atoms with Crippen LogP contribution in [0.15, 0.2) is 11.6 Å². The van der Waals surface area contributed by atoms with Crippen LogP contribution >= 0.6 is 0 Å². The van der Waals surface area contributed by atoms with E-state index < -0.39 is 47.4 Å². The molecule has 0 heterocycles. The maximum Gasteiger partial charge on any atom is 0.309 e. The number of carbonyl (C=O) groups excluding carboxylic acids is 4. The van der Waals surface area contributed by atoms with Crippen molar-refractivity contribution < 1.29 is 33.8 Å². The van der Waals surface area contributed by atoms with Gasteiger partial charge in [0.2, 0.25) is 5.78 Å². The largest absolute Gasteiger partial charge is 0.457 e. The third kappa shape index (κ3) is 3.97. The van der Waals surface area contributed by atoms with E-state index in [1.54, 1.807) is 20.8 Å². The number of rotatable bonds is 6. The van der Waals surface area contributed by atoms with Crippen LogP contribution in [-0.4, -0.2) is 46.9 Å². The Morgan fingerprint density at radius 1 is 1.19 bits per heavy atom. The van der Waals surface area contributed by atoms with Crippen molar-refractivity contribution in [3.05, 3.63) is 11.6 Å². The quantitative estimate of drug-likeness (QED) is 0.543. The molecule has 0 aromatic heterocycles. The van der Waals surface area contributed by atoms with E-state index in [9.17, 15) is 24.3 Å². The monoisotopic (exact) mass is 502 g/mol. The second-order valence-corrected chi connectivity index (χ2v) is 12.5. The van der Waals surface area contributed by atoms with Gasteiger partial charge in [-0.25, -0.2) is 0 Å². The predicted molar refractivity (Wildman–Crippen MR) is 133 cm³/mol. The summed E-state index contributed by atoms with van der Waals surface area (Å²) in [6.45, 7) is 11.0. The molecular formula is C29H42O7. The molecule has 0 radical (unpaired) electrons. The van der Waals surface area contributed by atoms with Crippen molar-refractivity contribution in [2.45, 2.75) is 98.2 Å². The lowest BCUT2D eigenvalue weighted by Gasteiger charge is -2.62. The third-order valence-corrected chi connectivity index (χ3v) is 10.2. The van der Waals surface area contributed by atoms with Crippen LogP contribution in [-0.2, 0) is 28.7 Å². The normalized spacial score (nSPS) is 41.6. The molecule has 8 atom stereocenters. The summed E-state index contributed by atoms with van der Waals surface area (Å²) in [6.07, 6.45) is 4.69. The summed E-state index contributed by atoms with van der Waals surface area (Å²) >= 11 is 0. The summed E-state index contributed by atoms with van der Waals surface area (Å²) in [4.78, 5) is 50.8. The number of aliphatic hydroxyl groups excluding tert-OH is 1. The molecule has 0 aromatic carbocycles. The molecule has 1 N–H and O–H groups in total. The van der Waals surface area contributed by atoms with Crippen LogP contribution in [0.2, 0.25) is 0 Å². The number of hydrogen-bond donors (Lipinski definition) is 1. The fourth-order valence-electron chi connectivity index (χ4n) is 8.44. The second-order valence-electron chi connectivity index (χ2n) is 12.5. The zero-order valence-electron chi connectivity index (χ0n) is 22.6. The average Bonchev–Trinajstić information content (AvgIpc) is 3.10. The number of esters is 2. The average molecular weight is 503 g/mol. The Balaban J connectivity index is 1.74. The van der Waals surface area contributed by atoms with Crippen LogP contribution < -0.4 is 0 Å². The van der Waals surface area contributed by atoms with Crippen molar-refractivity contribution in [3.63, 3.8) is 0 Å². The van der Waals surface area contributed by atoms with E-state index in [-0.39, 0.29) is 41.3 Å². The number of ether oxygens (including phenoxy) is 2. The van der Waals surface area contributed by atoms with Gasteiger partial charge in [0, 0.05) is 18.3 Å². The lowest BCUT2D eigenvalue weighted by molar-refractivity contribution is -0.206. The topological polar surface area (TPSA) is 107 Å². The lowest BCUT2D eigenvalue weighted by atomic mass is 9.44. The Hall–Kier alpha value is -2.02. The number of allylic oxidation sites excluding steroid dienone is 1. The smallest absolute Gasteiger partial charge is 0.309 e. The van der Waals surface area contributed by atoms with Crippen LogP contribution in [0.25, 0.3) is 0 Å². The summed E-state index contributed by atoms with van der Waals surface area (Å²) in [5.41, 5.74) is -1.34. The number of hydrogen-bond acceptors (Lipinski definition) is 7. The van der Waals surface area contributed by atoms with Crippen molar-refractivity contribution in [1.29, 1.82) is 0 Å². The first-order chi connectivity index (χ1) is 16.8. The van der Waals surface area contributed by atoms with E-state index in [0.29, 0.717) is 25.7 Å². The summed E-state index contributed by atoms with van der Waals surface area (Å²) in [5.74, 6) is -1.20. The number of aliphatic hydroxyl groups is 1. The van der Waals surface area contributed by atoms with E-state index in [1.165, 1.54) is 0 Å². The summed E-state index contributed by atoms with van der Waals surface area (Å²) in [7, 11) is 0. The van der Waals surface area contributed by atoms with Crippen LogP contribution in [0.1, 0.15) is 86.5 Å². The Morgan fingerprint density at radius 2 is 1.89 bits per heavy atom. The minimum Gasteiger partial charge on any atom is -0.457 e. The second kappa shape index (κ2) is 9.38. The highest BCUT2D eigenvalue weighted by Gasteiger charge is 2.71. The van der Waals surface area contributed by atoms with Gasteiger partial charge in [-0.2, -0.15) is 0 Å². The van der Waals surface area contributed by atoms with Gasteiger partial charge in [0.05, 0.1) is 12.0 Å². The van der Waals surface area contributed by atoms with Gasteiger partial charge < -0.3 is 14.6 Å². The fourth-order valence-corrected chi connectivity index (χ4v) is 8.44. The molecule has 7 nitrogen and oxygen atoms in total. The molecule has 0 unspecified atom stereocenters. The SMILES string of the molecule is CCC(=O)OCC(=O)[C@@]1(OC(=O)C(C)C)CC[C@H]2[C@@H]3C[C@H](C)C4=CC(=O)CC[C@]4(C)[C@H]3[C@@H](O)C[C@@]21C. The predicted octanol–water partition coefficient (Wildman–Crippen LogP) is 4.20. The van der Waals surface area contributed by atoms with Gasteiger partial charge in [-0.05, 0) is 67.3 Å². The van der Waals surface area contributed by atoms with Crippen molar-refractivity contribution in [2.75, 3.05) is 6.61 Å². The Morgan fingerprint density at radius 3 is 2.53 bits per heavy atom. The van der Waals surface area contributed by atoms with Crippen LogP contribution in [0, 0.1) is 40.4 Å². The lowest BCUT2D eigenvalue weighted by Crippen LogP contribution is -2.64. The van der Waals surface area contributed by atoms with Crippen LogP contribution in [0.4, 0.5) is 0 Å². The Bertz CT molecular complexity index is 982. The van der Waals surface area contributed by atoms with Gasteiger partial charge >= 0.3 is 11.9 Å². The molecule has 200 valence electrons. The van der Waals surface area contributed by atoms with Crippen LogP contribution in [0.3, 0.4) is 0 Å². The minimum atomic E-state index is -1.44. The molecule has 4 rings (SSSR count). The van der Waals surface area contributed by atoms with E-state index >= 15 is 0 Å². The Labute approximate surface area is 214 Å². The van der Waals surface area contributed by atoms with Gasteiger partial charge in [0.15, 0.2) is 18.0 Å². The highest BCUT2D eigenvalue weighted by Crippen LogP contribution is 2.69. The Kier molecular flexibility index (Phi) is 7.04. The molecular weight excluding hydrogens is 460 g/mol. The summed E-state index contributed by atoms with van der Waals surface area (Å²) in [5, 5.41) is 11.7. The molecule has 36 heavy (non-hydrogen) atoms. The number of Topliss-reactive ketones (excluding diaryl/α,β-unsaturated/α-hetero) is 1. The molecule has 4 aliphatic carbocycles. The summed E-state index contributed by atoms with van der Waals surface area (Å²) < 4.78 is 11.3. The maximum atomic E-state index is 13.8. The highest BCUT2D eigenvalue weighted by molar-refractivity contribution is 5.93. The zero-order valence-corrected chi connectivity index (χ0v) is 22.6. The van der Waals surface area contributed by atoms with E-state index in [0.717, 1.165) is 18.4 Å². The van der Waals surface area contributed by atoms with Gasteiger partial charge in [-0.1, -0.05) is 47.1 Å². The van der Waals surface area contributed by atoms with E-state index in [2.05, 4.69) is 13.8 Å². The van der Waals surface area contributed by atoms with E-state index in [1.807, 2.05) is 13.0 Å². The molecule has 0 saturated heterocycles. The molecule has 7 heteroatoms. The number of ketones is 2. The first-order valence-corrected chi connectivity index (χ1v) is 13.7. The zero-order chi connectivity index (χ0) is 26.6. The van der Waals surface area contributed by atoms with Crippen LogP contribution in [0.5, 0.6) is 0 Å². The molecule has 4 aliphatic rings.